The zero-order chi connectivity index (χ0) is 27.7. The van der Waals surface area contributed by atoms with Gasteiger partial charge in [-0.15, -0.1) is 0 Å². The van der Waals surface area contributed by atoms with Gasteiger partial charge in [-0.05, 0) is 49.7 Å². The summed E-state index contributed by atoms with van der Waals surface area (Å²) in [6.07, 6.45) is 0. The van der Waals surface area contributed by atoms with Crippen LogP contribution < -0.4 is 9.80 Å². The quantitative estimate of drug-likeness (QED) is 0.464. The molecule has 2 aliphatic heterocycles. The summed E-state index contributed by atoms with van der Waals surface area (Å²) in [5.74, 6) is -0.513. The predicted molar refractivity (Wildman–Crippen MR) is 153 cm³/mol. The third-order valence-electron chi connectivity index (χ3n) is 8.15. The van der Waals surface area contributed by atoms with Gasteiger partial charge in [-0.25, -0.2) is 4.39 Å². The minimum Gasteiger partial charge on any atom is -0.368 e. The Labute approximate surface area is 234 Å². The van der Waals surface area contributed by atoms with Gasteiger partial charge in [-0.3, -0.25) is 9.69 Å². The second-order valence-corrected chi connectivity index (χ2v) is 10.9. The van der Waals surface area contributed by atoms with E-state index in [1.165, 1.54) is 6.07 Å². The lowest BCUT2D eigenvalue weighted by Gasteiger charge is -2.41. The van der Waals surface area contributed by atoms with Crippen molar-refractivity contribution < 1.29 is 9.18 Å². The maximum absolute atomic E-state index is 14.2. The van der Waals surface area contributed by atoms with E-state index in [4.69, 9.17) is 11.6 Å². The normalized spacial score (nSPS) is 18.4. The summed E-state index contributed by atoms with van der Waals surface area (Å²) in [5, 5.41) is 10.2. The van der Waals surface area contributed by atoms with Crippen molar-refractivity contribution in [2.24, 2.45) is 7.05 Å². The Morgan fingerprint density at radius 1 is 1.03 bits per heavy atom. The van der Waals surface area contributed by atoms with Crippen molar-refractivity contribution in [2.75, 3.05) is 55.6 Å². The van der Waals surface area contributed by atoms with Crippen LogP contribution in [0, 0.1) is 24.1 Å². The Hall–Kier alpha value is -3.54. The molecule has 1 unspecified atom stereocenters. The molecule has 0 spiro atoms. The maximum Gasteiger partial charge on any atom is 0.270 e. The number of halogens is 2. The summed E-state index contributed by atoms with van der Waals surface area (Å²) in [6, 6.07) is 16.6. The molecule has 0 radical (unpaired) electrons. The molecule has 9 heteroatoms. The smallest absolute Gasteiger partial charge is 0.270 e. The first-order valence-electron chi connectivity index (χ1n) is 13.4. The van der Waals surface area contributed by atoms with Crippen LogP contribution in [0.25, 0.3) is 0 Å². The lowest BCUT2D eigenvalue weighted by atomic mass is 10.1. The number of nitriles is 1. The second-order valence-electron chi connectivity index (χ2n) is 10.5. The van der Waals surface area contributed by atoms with Gasteiger partial charge >= 0.3 is 0 Å². The average Bonchev–Trinajstić information content (AvgIpc) is 3.22. The average molecular weight is 549 g/mol. The summed E-state index contributed by atoms with van der Waals surface area (Å²) in [6.45, 7) is 10.1. The summed E-state index contributed by atoms with van der Waals surface area (Å²) in [5.41, 5.74) is 4.66. The molecule has 204 valence electrons. The number of carbonyl (C=O) groups excluding carboxylic acids is 1. The van der Waals surface area contributed by atoms with E-state index in [0.29, 0.717) is 31.0 Å². The summed E-state index contributed by atoms with van der Waals surface area (Å²) < 4.78 is 16.2. The van der Waals surface area contributed by atoms with Crippen LogP contribution in [0.5, 0.6) is 0 Å². The van der Waals surface area contributed by atoms with E-state index in [9.17, 15) is 14.4 Å². The third-order valence-corrected chi connectivity index (χ3v) is 8.47. The lowest BCUT2D eigenvalue weighted by Crippen LogP contribution is -2.54. The number of nitrogens with zero attached hydrogens (tertiary/aromatic N) is 6. The number of benzene rings is 2. The van der Waals surface area contributed by atoms with Crippen molar-refractivity contribution >= 4 is 28.9 Å². The topological polar surface area (TPSA) is 58.8 Å². The second kappa shape index (κ2) is 11.3. The van der Waals surface area contributed by atoms with Gasteiger partial charge in [0.05, 0.1) is 16.4 Å². The minimum absolute atomic E-state index is 0.00212. The van der Waals surface area contributed by atoms with Gasteiger partial charge in [-0.2, -0.15) is 5.26 Å². The molecule has 2 fully saturated rings. The fraction of sp³-hybridized carbons (Fsp3) is 0.400. The third kappa shape index (κ3) is 5.34. The molecule has 0 N–H and O–H groups in total. The van der Waals surface area contributed by atoms with Gasteiger partial charge in [0, 0.05) is 71.1 Å². The van der Waals surface area contributed by atoms with Crippen LogP contribution in [0.1, 0.15) is 34.2 Å². The van der Waals surface area contributed by atoms with E-state index in [0.717, 1.165) is 54.7 Å². The molecule has 39 heavy (non-hydrogen) atoms. The number of aromatic nitrogens is 1. The molecule has 1 atom stereocenters. The predicted octanol–water partition coefficient (Wildman–Crippen LogP) is 4.67. The zero-order valence-electron chi connectivity index (χ0n) is 22.7. The molecular weight excluding hydrogens is 515 g/mol. The molecule has 2 aliphatic rings. The SMILES string of the molecule is Cc1c(CN2CCN(c3ccccc3Cl)CC2)cc(C(=O)N2CCN(c3cccc(F)c3C#N)CC2C)n1C. The molecule has 3 aromatic rings. The highest BCUT2D eigenvalue weighted by molar-refractivity contribution is 6.33. The molecular formula is C30H34ClFN6O. The molecule has 1 amide bonds. The Morgan fingerprint density at radius 2 is 1.72 bits per heavy atom. The van der Waals surface area contributed by atoms with Crippen LogP contribution in [0.15, 0.2) is 48.5 Å². The molecule has 7 nitrogen and oxygen atoms in total. The Balaban J connectivity index is 1.24. The van der Waals surface area contributed by atoms with Crippen LogP contribution in [0.4, 0.5) is 15.8 Å². The Morgan fingerprint density at radius 3 is 2.41 bits per heavy atom. The highest BCUT2D eigenvalue weighted by Gasteiger charge is 2.31. The molecule has 5 rings (SSSR count). The Kier molecular flexibility index (Phi) is 7.83. The molecule has 1 aromatic heterocycles. The standard InChI is InChI=1S/C30H34ClFN6O/c1-21-19-37(27-10-6-8-26(32)24(27)18-33)15-16-38(21)30(39)29-17-23(22(2)34(29)3)20-35-11-13-36(14-12-35)28-9-5-4-7-25(28)31/h4-10,17,21H,11-16,19-20H2,1-3H3. The number of hydrogen-bond acceptors (Lipinski definition) is 5. The minimum atomic E-state index is -0.516. The van der Waals surface area contributed by atoms with Gasteiger partial charge in [0.1, 0.15) is 23.1 Å². The van der Waals surface area contributed by atoms with Crippen LogP contribution in [-0.4, -0.2) is 72.1 Å². The molecule has 3 heterocycles. The number of rotatable bonds is 5. The number of hydrogen-bond donors (Lipinski definition) is 0. The van der Waals surface area contributed by atoms with Crippen molar-refractivity contribution in [3.05, 3.63) is 81.9 Å². The monoisotopic (exact) mass is 548 g/mol. The molecule has 2 saturated heterocycles. The number of piperazine rings is 2. The van der Waals surface area contributed by atoms with Crippen molar-refractivity contribution in [1.82, 2.24) is 14.4 Å². The molecule has 0 saturated carbocycles. The fourth-order valence-corrected chi connectivity index (χ4v) is 5.99. The van der Waals surface area contributed by atoms with E-state index in [-0.39, 0.29) is 17.5 Å². The number of para-hydroxylation sites is 1. The zero-order valence-corrected chi connectivity index (χ0v) is 23.5. The van der Waals surface area contributed by atoms with Crippen molar-refractivity contribution in [2.45, 2.75) is 26.4 Å². The molecule has 2 aromatic carbocycles. The van der Waals surface area contributed by atoms with Crippen LogP contribution >= 0.6 is 11.6 Å². The number of carbonyl (C=O) groups is 1. The summed E-state index contributed by atoms with van der Waals surface area (Å²) in [7, 11) is 1.95. The van der Waals surface area contributed by atoms with E-state index in [1.54, 1.807) is 12.1 Å². The van der Waals surface area contributed by atoms with Crippen molar-refractivity contribution in [3.63, 3.8) is 0 Å². The fourth-order valence-electron chi connectivity index (χ4n) is 5.74. The van der Waals surface area contributed by atoms with Crippen molar-refractivity contribution in [3.8, 4) is 6.07 Å². The molecule has 0 bridgehead atoms. The summed E-state index contributed by atoms with van der Waals surface area (Å²) >= 11 is 6.40. The van der Waals surface area contributed by atoms with E-state index in [1.807, 2.05) is 58.7 Å². The first-order valence-corrected chi connectivity index (χ1v) is 13.8. The van der Waals surface area contributed by atoms with Gasteiger partial charge in [0.2, 0.25) is 0 Å². The molecule has 0 aliphatic carbocycles. The highest BCUT2D eigenvalue weighted by Crippen LogP contribution is 2.28. The number of anilines is 2. The van der Waals surface area contributed by atoms with Gasteiger partial charge in [0.25, 0.3) is 5.91 Å². The lowest BCUT2D eigenvalue weighted by molar-refractivity contribution is 0.0664. The van der Waals surface area contributed by atoms with Gasteiger partial charge in [0.15, 0.2) is 0 Å². The van der Waals surface area contributed by atoms with Crippen LogP contribution in [0.2, 0.25) is 5.02 Å². The van der Waals surface area contributed by atoms with E-state index in [2.05, 4.69) is 22.8 Å². The van der Waals surface area contributed by atoms with Crippen LogP contribution in [0.3, 0.4) is 0 Å². The maximum atomic E-state index is 14.2. The number of amides is 1. The first-order chi connectivity index (χ1) is 18.8. The van der Waals surface area contributed by atoms with E-state index >= 15 is 0 Å². The van der Waals surface area contributed by atoms with Crippen LogP contribution in [-0.2, 0) is 13.6 Å². The van der Waals surface area contributed by atoms with Crippen molar-refractivity contribution in [1.29, 1.82) is 5.26 Å². The highest BCUT2D eigenvalue weighted by atomic mass is 35.5. The Bertz CT molecular complexity index is 1410. The van der Waals surface area contributed by atoms with E-state index < -0.39 is 5.82 Å². The first kappa shape index (κ1) is 27.0. The summed E-state index contributed by atoms with van der Waals surface area (Å²) in [4.78, 5) is 22.3. The largest absolute Gasteiger partial charge is 0.368 e. The van der Waals surface area contributed by atoms with Gasteiger partial charge < -0.3 is 19.3 Å². The van der Waals surface area contributed by atoms with Gasteiger partial charge in [-0.1, -0.05) is 29.8 Å².